The van der Waals surface area contributed by atoms with Gasteiger partial charge in [0.15, 0.2) is 15.7 Å². The number of amides is 1. The predicted molar refractivity (Wildman–Crippen MR) is 206 cm³/mol. The first-order valence-corrected chi connectivity index (χ1v) is 21.0. The number of aromatic nitrogens is 3. The second-order valence-corrected chi connectivity index (χ2v) is 17.2. The number of hydrogen-bond acceptors (Lipinski definition) is 12. The minimum Gasteiger partial charge on any atom is -0.490 e. The smallest absolute Gasteiger partial charge is 0.417 e. The number of hydrogen-bond donors (Lipinski definition) is 1. The topological polar surface area (TPSA) is 154 Å². The van der Waals surface area contributed by atoms with Crippen LogP contribution in [0.4, 0.5) is 30.5 Å². The van der Waals surface area contributed by atoms with E-state index in [0.717, 1.165) is 63.6 Å². The average Bonchev–Trinajstić information content (AvgIpc) is 3.20. The summed E-state index contributed by atoms with van der Waals surface area (Å²) in [5.74, 6) is 1.53. The molecular formula is C38H46ClF3N8O5S. The second kappa shape index (κ2) is 18.8. The first-order valence-electron chi connectivity index (χ1n) is 18.9. The lowest BCUT2D eigenvalue weighted by atomic mass is 9.86. The van der Waals surface area contributed by atoms with Crippen LogP contribution in [-0.2, 0) is 25.5 Å². The first kappa shape index (κ1) is 41.4. The van der Waals surface area contributed by atoms with Crippen LogP contribution >= 0.6 is 11.6 Å². The molecule has 302 valence electrons. The largest absolute Gasteiger partial charge is 0.490 e. The molecule has 0 unspecified atom stereocenters. The number of ether oxygens (including phenoxy) is 2. The molecule has 0 bridgehead atoms. The van der Waals surface area contributed by atoms with Gasteiger partial charge in [0.05, 0.1) is 64.1 Å². The number of carbonyl (C=O) groups excluding carboxylic acids is 1. The Morgan fingerprint density at radius 3 is 2.34 bits per heavy atom. The van der Waals surface area contributed by atoms with Crippen molar-refractivity contribution in [2.75, 3.05) is 79.9 Å². The Balaban J connectivity index is 0.822. The number of pyridine rings is 1. The van der Waals surface area contributed by atoms with Crippen LogP contribution in [0.25, 0.3) is 0 Å². The summed E-state index contributed by atoms with van der Waals surface area (Å²) in [7, 11) is -3.35. The van der Waals surface area contributed by atoms with Gasteiger partial charge in [0.1, 0.15) is 17.6 Å². The summed E-state index contributed by atoms with van der Waals surface area (Å²) in [6, 6.07) is 8.11. The molecule has 18 heteroatoms. The van der Waals surface area contributed by atoms with Crippen LogP contribution in [0.15, 0.2) is 49.1 Å². The van der Waals surface area contributed by atoms with Gasteiger partial charge in [0, 0.05) is 70.6 Å². The molecule has 2 aliphatic heterocycles. The van der Waals surface area contributed by atoms with Crippen molar-refractivity contribution in [2.24, 2.45) is 5.92 Å². The Labute approximate surface area is 330 Å². The molecule has 1 aromatic carbocycles. The summed E-state index contributed by atoms with van der Waals surface area (Å²) in [5.41, 5.74) is -0.0708. The van der Waals surface area contributed by atoms with E-state index >= 15 is 0 Å². The van der Waals surface area contributed by atoms with E-state index < -0.39 is 26.8 Å². The number of halogens is 4. The Morgan fingerprint density at radius 1 is 0.929 bits per heavy atom. The fraction of sp³-hybridized carbons (Fsp3) is 0.553. The molecule has 13 nitrogen and oxygen atoms in total. The van der Waals surface area contributed by atoms with Gasteiger partial charge in [0.2, 0.25) is 5.91 Å². The molecule has 3 aliphatic rings. The van der Waals surface area contributed by atoms with E-state index in [-0.39, 0.29) is 23.7 Å². The molecule has 1 N–H and O–H groups in total. The lowest BCUT2D eigenvalue weighted by Gasteiger charge is -2.35. The molecule has 1 amide bonds. The number of alkyl halides is 3. The first-order chi connectivity index (χ1) is 26.9. The molecule has 1 aliphatic carbocycles. The van der Waals surface area contributed by atoms with E-state index in [2.05, 4.69) is 30.1 Å². The maximum Gasteiger partial charge on any atom is 0.417 e. The van der Waals surface area contributed by atoms with Gasteiger partial charge < -0.3 is 24.6 Å². The molecule has 0 spiro atoms. The normalized spacial score (nSPS) is 20.1. The van der Waals surface area contributed by atoms with Crippen molar-refractivity contribution in [3.05, 3.63) is 65.2 Å². The molecule has 3 fully saturated rings. The number of rotatable bonds is 14. The van der Waals surface area contributed by atoms with Crippen molar-refractivity contribution in [2.45, 2.75) is 62.5 Å². The van der Waals surface area contributed by atoms with Crippen molar-refractivity contribution >= 4 is 44.7 Å². The molecule has 0 radical (unpaired) electrons. The summed E-state index contributed by atoms with van der Waals surface area (Å²) in [5, 5.41) is 11.8. The van der Waals surface area contributed by atoms with Gasteiger partial charge in [-0.1, -0.05) is 11.6 Å². The number of nitriles is 1. The van der Waals surface area contributed by atoms with Gasteiger partial charge in [-0.05, 0) is 63.1 Å². The van der Waals surface area contributed by atoms with Crippen molar-refractivity contribution < 1.29 is 35.9 Å². The number of piperidine rings is 1. The van der Waals surface area contributed by atoms with E-state index in [1.165, 1.54) is 6.20 Å². The minimum atomic E-state index is -4.48. The Bertz CT molecular complexity index is 1930. The number of piperazine rings is 1. The summed E-state index contributed by atoms with van der Waals surface area (Å²) in [6.45, 7) is 5.35. The SMILES string of the molecule is N#Cc1ccc(OC2CCC(C(=O)Nc3cnc(N4CCN(CCOCCCS(=O)(=O)C5CCN(c6cncc(C(F)(F)F)c6)CC5)CC4)cn3)CC2)cc1Cl. The van der Waals surface area contributed by atoms with E-state index in [1.807, 2.05) is 6.07 Å². The van der Waals surface area contributed by atoms with Crippen LogP contribution in [0, 0.1) is 17.2 Å². The molecule has 0 atom stereocenters. The van der Waals surface area contributed by atoms with Crippen LogP contribution in [0.1, 0.15) is 56.1 Å². The minimum absolute atomic E-state index is 0.0137. The van der Waals surface area contributed by atoms with Gasteiger partial charge in [-0.15, -0.1) is 0 Å². The number of sulfone groups is 1. The third kappa shape index (κ3) is 11.2. The number of nitrogens with zero attached hydrogens (tertiary/aromatic N) is 7. The quantitative estimate of drug-likeness (QED) is 0.202. The predicted octanol–water partition coefficient (Wildman–Crippen LogP) is 5.60. The second-order valence-electron chi connectivity index (χ2n) is 14.4. The number of carbonyl (C=O) groups is 1. The average molecular weight is 819 g/mol. The highest BCUT2D eigenvalue weighted by Gasteiger charge is 2.34. The van der Waals surface area contributed by atoms with Gasteiger partial charge in [-0.25, -0.2) is 18.4 Å². The van der Waals surface area contributed by atoms with Crippen molar-refractivity contribution in [3.8, 4) is 11.8 Å². The molecule has 2 saturated heterocycles. The highest BCUT2D eigenvalue weighted by Crippen LogP contribution is 2.33. The van der Waals surface area contributed by atoms with E-state index in [0.29, 0.717) is 86.2 Å². The lowest BCUT2D eigenvalue weighted by Crippen LogP contribution is -2.47. The van der Waals surface area contributed by atoms with Crippen molar-refractivity contribution in [1.82, 2.24) is 19.9 Å². The molecule has 1 saturated carbocycles. The van der Waals surface area contributed by atoms with Crippen LogP contribution in [0.2, 0.25) is 5.02 Å². The Kier molecular flexibility index (Phi) is 13.9. The third-order valence-corrected chi connectivity index (χ3v) is 13.3. The van der Waals surface area contributed by atoms with Gasteiger partial charge in [-0.2, -0.15) is 18.4 Å². The standard InChI is InChI=1S/C38H46ClF3N8O5S/c39-34-21-32(7-4-28(34)22-43)55-31-5-2-27(3-6-31)37(51)47-35-25-46-36(26-45-35)50-14-12-48(13-15-50)16-18-54-17-1-19-56(52,53)33-8-10-49(11-9-33)30-20-29(23-44-24-30)38(40,41)42/h4,7,20-21,23-27,31,33H,1-3,5-6,8-19H2,(H,45,47,51). The van der Waals surface area contributed by atoms with Crippen molar-refractivity contribution in [1.29, 1.82) is 5.26 Å². The monoisotopic (exact) mass is 818 g/mol. The summed E-state index contributed by atoms with van der Waals surface area (Å²) in [4.78, 5) is 31.8. The third-order valence-electron chi connectivity index (χ3n) is 10.6. The Hall–Kier alpha value is -4.24. The van der Waals surface area contributed by atoms with Crippen LogP contribution in [0.3, 0.4) is 0 Å². The van der Waals surface area contributed by atoms with Crippen LogP contribution in [-0.4, -0.2) is 110 Å². The van der Waals surface area contributed by atoms with E-state index in [9.17, 15) is 26.4 Å². The maximum absolute atomic E-state index is 13.1. The zero-order valence-electron chi connectivity index (χ0n) is 31.0. The number of nitrogens with one attached hydrogen (secondary N) is 1. The van der Waals surface area contributed by atoms with Gasteiger partial charge >= 0.3 is 6.18 Å². The highest BCUT2D eigenvalue weighted by atomic mass is 35.5. The summed E-state index contributed by atoms with van der Waals surface area (Å²) in [6.07, 6.45) is 4.82. The summed E-state index contributed by atoms with van der Waals surface area (Å²) >= 11 is 6.12. The zero-order chi connectivity index (χ0) is 39.7. The number of benzene rings is 1. The molecular weight excluding hydrogens is 773 g/mol. The number of anilines is 3. The van der Waals surface area contributed by atoms with Gasteiger partial charge in [0.25, 0.3) is 0 Å². The van der Waals surface area contributed by atoms with Gasteiger partial charge in [-0.3, -0.25) is 14.7 Å². The molecule has 4 heterocycles. The highest BCUT2D eigenvalue weighted by molar-refractivity contribution is 7.92. The molecule has 3 aromatic rings. The molecule has 2 aromatic heterocycles. The fourth-order valence-electron chi connectivity index (χ4n) is 7.33. The maximum atomic E-state index is 13.1. The van der Waals surface area contributed by atoms with E-state index in [4.69, 9.17) is 26.3 Å². The van der Waals surface area contributed by atoms with E-state index in [1.54, 1.807) is 35.5 Å². The lowest BCUT2D eigenvalue weighted by molar-refractivity contribution is -0.137. The Morgan fingerprint density at radius 2 is 1.68 bits per heavy atom. The zero-order valence-corrected chi connectivity index (χ0v) is 32.5. The van der Waals surface area contributed by atoms with Crippen LogP contribution in [0.5, 0.6) is 5.75 Å². The van der Waals surface area contributed by atoms with Crippen LogP contribution < -0.4 is 19.9 Å². The summed E-state index contributed by atoms with van der Waals surface area (Å²) < 4.78 is 77.0. The molecule has 6 rings (SSSR count). The van der Waals surface area contributed by atoms with Crippen molar-refractivity contribution in [3.63, 3.8) is 0 Å². The molecule has 56 heavy (non-hydrogen) atoms. The fourth-order valence-corrected chi connectivity index (χ4v) is 9.32.